The molecule has 0 radical (unpaired) electrons. The van der Waals surface area contributed by atoms with Crippen molar-refractivity contribution in [2.45, 2.75) is 12.7 Å². The summed E-state index contributed by atoms with van der Waals surface area (Å²) >= 11 is 0.675. The van der Waals surface area contributed by atoms with Crippen LogP contribution in [0.25, 0.3) is 0 Å². The van der Waals surface area contributed by atoms with Crippen LogP contribution in [0.1, 0.15) is 11.4 Å². The van der Waals surface area contributed by atoms with E-state index in [1.54, 1.807) is 6.07 Å². The SMILES string of the molecule is FC(F)(F)c1nsc(NCc2ccoc2)n1. The zero-order chi connectivity index (χ0) is 11.6. The molecule has 0 unspecified atom stereocenters. The Balaban J connectivity index is 1.98. The van der Waals surface area contributed by atoms with Gasteiger partial charge in [0.1, 0.15) is 0 Å². The van der Waals surface area contributed by atoms with E-state index in [4.69, 9.17) is 4.42 Å². The highest BCUT2D eigenvalue weighted by molar-refractivity contribution is 7.09. The van der Waals surface area contributed by atoms with E-state index in [-0.39, 0.29) is 5.13 Å². The van der Waals surface area contributed by atoms with Gasteiger partial charge in [0, 0.05) is 23.6 Å². The van der Waals surface area contributed by atoms with Gasteiger partial charge in [-0.05, 0) is 6.07 Å². The van der Waals surface area contributed by atoms with E-state index in [1.165, 1.54) is 12.5 Å². The van der Waals surface area contributed by atoms with E-state index in [2.05, 4.69) is 14.7 Å². The Morgan fingerprint density at radius 2 is 2.25 bits per heavy atom. The second-order valence-electron chi connectivity index (χ2n) is 2.91. The normalized spacial score (nSPS) is 11.7. The van der Waals surface area contributed by atoms with Crippen LogP contribution in [-0.4, -0.2) is 9.36 Å². The van der Waals surface area contributed by atoms with Crippen LogP contribution in [0.3, 0.4) is 0 Å². The summed E-state index contributed by atoms with van der Waals surface area (Å²) in [6.45, 7) is 0.350. The third-order valence-electron chi connectivity index (χ3n) is 1.70. The highest BCUT2D eigenvalue weighted by Gasteiger charge is 2.36. The predicted molar refractivity (Wildman–Crippen MR) is 50.9 cm³/mol. The summed E-state index contributed by atoms with van der Waals surface area (Å²) in [4.78, 5) is 3.32. The molecule has 0 spiro atoms. The Morgan fingerprint density at radius 1 is 1.44 bits per heavy atom. The van der Waals surface area contributed by atoms with E-state index in [0.29, 0.717) is 18.1 Å². The minimum absolute atomic E-state index is 0.133. The molecule has 1 N–H and O–H groups in total. The van der Waals surface area contributed by atoms with Gasteiger partial charge in [-0.2, -0.15) is 22.5 Å². The van der Waals surface area contributed by atoms with Crippen LogP contribution in [0.5, 0.6) is 0 Å². The maximum absolute atomic E-state index is 12.2. The summed E-state index contributed by atoms with van der Waals surface area (Å²) in [7, 11) is 0. The van der Waals surface area contributed by atoms with Crippen molar-refractivity contribution in [3.8, 4) is 0 Å². The fourth-order valence-corrected chi connectivity index (χ4v) is 1.56. The molecule has 0 saturated heterocycles. The van der Waals surface area contributed by atoms with E-state index >= 15 is 0 Å². The fourth-order valence-electron chi connectivity index (χ4n) is 0.981. The number of anilines is 1. The average molecular weight is 249 g/mol. The minimum atomic E-state index is -4.49. The monoisotopic (exact) mass is 249 g/mol. The van der Waals surface area contributed by atoms with Crippen molar-refractivity contribution in [1.29, 1.82) is 0 Å². The molecular formula is C8H6F3N3OS. The first kappa shape index (κ1) is 10.9. The number of furan rings is 1. The third-order valence-corrected chi connectivity index (χ3v) is 2.38. The van der Waals surface area contributed by atoms with Gasteiger partial charge >= 0.3 is 6.18 Å². The highest BCUT2D eigenvalue weighted by atomic mass is 32.1. The number of nitrogens with one attached hydrogen (secondary N) is 1. The van der Waals surface area contributed by atoms with Crippen molar-refractivity contribution in [1.82, 2.24) is 9.36 Å². The third kappa shape index (κ3) is 2.51. The Kier molecular flexibility index (Phi) is 2.82. The summed E-state index contributed by atoms with van der Waals surface area (Å²) in [5, 5.41) is 2.86. The van der Waals surface area contributed by atoms with Gasteiger partial charge in [-0.15, -0.1) is 0 Å². The molecular weight excluding hydrogens is 243 g/mol. The standard InChI is InChI=1S/C8H6F3N3OS/c9-8(10,11)6-13-7(16-14-6)12-3-5-1-2-15-4-5/h1-2,4H,3H2,(H,12,13,14). The summed E-state index contributed by atoms with van der Waals surface area (Å²) in [6.07, 6.45) is -1.51. The molecule has 0 aromatic carbocycles. The molecule has 0 bridgehead atoms. The van der Waals surface area contributed by atoms with Gasteiger partial charge in [0.25, 0.3) is 0 Å². The van der Waals surface area contributed by atoms with Crippen molar-refractivity contribution in [3.05, 3.63) is 30.0 Å². The first-order valence-electron chi connectivity index (χ1n) is 4.21. The van der Waals surface area contributed by atoms with Crippen molar-refractivity contribution in [3.63, 3.8) is 0 Å². The first-order valence-corrected chi connectivity index (χ1v) is 4.99. The van der Waals surface area contributed by atoms with Gasteiger partial charge in [-0.25, -0.2) is 0 Å². The van der Waals surface area contributed by atoms with Crippen LogP contribution in [-0.2, 0) is 12.7 Å². The van der Waals surface area contributed by atoms with Crippen molar-refractivity contribution in [2.24, 2.45) is 0 Å². The lowest BCUT2D eigenvalue weighted by Gasteiger charge is -1.99. The maximum atomic E-state index is 12.2. The Hall–Kier alpha value is -1.57. The molecule has 2 heterocycles. The predicted octanol–water partition coefficient (Wildman–Crippen LogP) is 2.76. The molecule has 2 aromatic rings. The van der Waals surface area contributed by atoms with Crippen LogP contribution < -0.4 is 5.32 Å². The zero-order valence-electron chi connectivity index (χ0n) is 7.78. The largest absolute Gasteiger partial charge is 0.472 e. The fraction of sp³-hybridized carbons (Fsp3) is 0.250. The second kappa shape index (κ2) is 4.12. The van der Waals surface area contributed by atoms with Gasteiger partial charge < -0.3 is 9.73 Å². The first-order chi connectivity index (χ1) is 7.55. The number of hydrogen-bond donors (Lipinski definition) is 1. The maximum Gasteiger partial charge on any atom is 0.452 e. The number of hydrogen-bond acceptors (Lipinski definition) is 5. The van der Waals surface area contributed by atoms with Crippen LogP contribution >= 0.6 is 11.5 Å². The Labute approximate surface area is 92.3 Å². The zero-order valence-corrected chi connectivity index (χ0v) is 8.60. The summed E-state index contributed by atoms with van der Waals surface area (Å²) in [5.74, 6) is -1.12. The van der Waals surface area contributed by atoms with E-state index in [0.717, 1.165) is 5.56 Å². The molecule has 0 amide bonds. The van der Waals surface area contributed by atoms with Gasteiger partial charge in [0.15, 0.2) is 0 Å². The molecule has 2 aromatic heterocycles. The van der Waals surface area contributed by atoms with Crippen LogP contribution in [0.4, 0.5) is 18.3 Å². The lowest BCUT2D eigenvalue weighted by molar-refractivity contribution is -0.144. The minimum Gasteiger partial charge on any atom is -0.472 e. The number of rotatable bonds is 3. The van der Waals surface area contributed by atoms with Crippen LogP contribution in [0.2, 0.25) is 0 Å². The molecule has 0 atom stereocenters. The Bertz CT molecular complexity index is 451. The molecule has 16 heavy (non-hydrogen) atoms. The highest BCUT2D eigenvalue weighted by Crippen LogP contribution is 2.28. The Morgan fingerprint density at radius 3 is 2.81 bits per heavy atom. The molecule has 86 valence electrons. The smallest absolute Gasteiger partial charge is 0.452 e. The number of alkyl halides is 3. The number of aromatic nitrogens is 2. The van der Waals surface area contributed by atoms with Gasteiger partial charge in [0.2, 0.25) is 11.0 Å². The van der Waals surface area contributed by atoms with Gasteiger partial charge in [0.05, 0.1) is 12.5 Å². The van der Waals surface area contributed by atoms with Crippen LogP contribution in [0, 0.1) is 0 Å². The van der Waals surface area contributed by atoms with Crippen molar-refractivity contribution >= 4 is 16.7 Å². The van der Waals surface area contributed by atoms with E-state index in [9.17, 15) is 13.2 Å². The molecule has 0 aliphatic rings. The summed E-state index contributed by atoms with van der Waals surface area (Å²) in [6, 6.07) is 1.71. The summed E-state index contributed by atoms with van der Waals surface area (Å²) in [5.41, 5.74) is 0.823. The molecule has 0 saturated carbocycles. The lowest BCUT2D eigenvalue weighted by atomic mass is 10.3. The second-order valence-corrected chi connectivity index (χ2v) is 3.66. The van der Waals surface area contributed by atoms with E-state index in [1.807, 2.05) is 0 Å². The van der Waals surface area contributed by atoms with Crippen molar-refractivity contribution in [2.75, 3.05) is 5.32 Å². The quantitative estimate of drug-likeness (QED) is 0.908. The van der Waals surface area contributed by atoms with Crippen LogP contribution in [0.15, 0.2) is 23.0 Å². The topological polar surface area (TPSA) is 51.0 Å². The van der Waals surface area contributed by atoms with Gasteiger partial charge in [-0.3, -0.25) is 0 Å². The molecule has 0 aliphatic heterocycles. The average Bonchev–Trinajstić information content (AvgIpc) is 2.85. The molecule has 2 rings (SSSR count). The van der Waals surface area contributed by atoms with Crippen molar-refractivity contribution < 1.29 is 17.6 Å². The number of halogens is 3. The van der Waals surface area contributed by atoms with Gasteiger partial charge in [-0.1, -0.05) is 0 Å². The lowest BCUT2D eigenvalue weighted by Crippen LogP contribution is -2.07. The molecule has 4 nitrogen and oxygen atoms in total. The molecule has 0 fully saturated rings. The van der Waals surface area contributed by atoms with E-state index < -0.39 is 12.0 Å². The molecule has 8 heteroatoms. The number of nitrogens with zero attached hydrogens (tertiary/aromatic N) is 2. The molecule has 0 aliphatic carbocycles. The summed E-state index contributed by atoms with van der Waals surface area (Å²) < 4.78 is 44.5.